The summed E-state index contributed by atoms with van der Waals surface area (Å²) in [5.74, 6) is 0.151. The van der Waals surface area contributed by atoms with E-state index >= 15 is 0 Å². The summed E-state index contributed by atoms with van der Waals surface area (Å²) >= 11 is 0. The highest BCUT2D eigenvalue weighted by atomic mass is 16.3. The molecule has 1 heterocycles. The number of aliphatic hydroxyl groups is 2. The average molecular weight is 247 g/mol. The highest BCUT2D eigenvalue weighted by Crippen LogP contribution is 2.33. The molecule has 1 aromatic carbocycles. The van der Waals surface area contributed by atoms with Crippen LogP contribution in [0.1, 0.15) is 43.5 Å². The molecule has 0 amide bonds. The van der Waals surface area contributed by atoms with Crippen LogP contribution in [0, 0.1) is 0 Å². The van der Waals surface area contributed by atoms with Gasteiger partial charge in [-0.1, -0.05) is 24.8 Å². The Bertz CT molecular complexity index is 474. The molecule has 2 atom stereocenters. The predicted octanol–water partition coefficient (Wildman–Crippen LogP) is 2.56. The van der Waals surface area contributed by atoms with Crippen molar-refractivity contribution in [1.29, 1.82) is 0 Å². The number of fused-ring (bicyclic) bond motifs is 1. The van der Waals surface area contributed by atoms with Gasteiger partial charge in [0.15, 0.2) is 0 Å². The van der Waals surface area contributed by atoms with Crippen molar-refractivity contribution in [2.24, 2.45) is 0 Å². The van der Waals surface area contributed by atoms with Gasteiger partial charge in [0.1, 0.15) is 5.76 Å². The minimum atomic E-state index is -0.871. The van der Waals surface area contributed by atoms with Crippen molar-refractivity contribution < 1.29 is 10.2 Å². The van der Waals surface area contributed by atoms with Gasteiger partial charge >= 0.3 is 0 Å². The summed E-state index contributed by atoms with van der Waals surface area (Å²) in [4.78, 5) is 0. The highest BCUT2D eigenvalue weighted by molar-refractivity contribution is 5.43. The number of nitrogens with one attached hydrogen (secondary N) is 1. The molecule has 0 saturated heterocycles. The summed E-state index contributed by atoms with van der Waals surface area (Å²) in [7, 11) is 0. The van der Waals surface area contributed by atoms with Crippen LogP contribution >= 0.6 is 0 Å². The number of benzene rings is 1. The standard InChI is InChI=1S/C15H21NO2/c1-9-11-6-5-7-13(15(3,4)18)12(11)8-14(16-9)10(2)17/h5-7,9,14,16-18H,2,8H2,1,3-4H3/t9-,14+/m0/s1. The molecule has 18 heavy (non-hydrogen) atoms. The van der Waals surface area contributed by atoms with E-state index in [9.17, 15) is 10.2 Å². The van der Waals surface area contributed by atoms with Gasteiger partial charge in [-0.05, 0) is 43.9 Å². The molecule has 3 heteroatoms. The van der Waals surface area contributed by atoms with Gasteiger partial charge in [0.25, 0.3) is 0 Å². The van der Waals surface area contributed by atoms with Crippen molar-refractivity contribution in [1.82, 2.24) is 5.32 Å². The molecule has 0 unspecified atom stereocenters. The van der Waals surface area contributed by atoms with Gasteiger partial charge in [0.05, 0.1) is 11.6 Å². The Hall–Kier alpha value is -1.32. The van der Waals surface area contributed by atoms with Crippen LogP contribution in [0.2, 0.25) is 0 Å². The van der Waals surface area contributed by atoms with Crippen molar-refractivity contribution in [3.05, 3.63) is 47.2 Å². The lowest BCUT2D eigenvalue weighted by atomic mass is 9.82. The molecule has 0 aromatic heterocycles. The molecule has 0 radical (unpaired) electrons. The second kappa shape index (κ2) is 4.41. The van der Waals surface area contributed by atoms with Crippen LogP contribution in [0.3, 0.4) is 0 Å². The van der Waals surface area contributed by atoms with E-state index in [0.29, 0.717) is 6.42 Å². The van der Waals surface area contributed by atoms with E-state index in [1.54, 1.807) is 13.8 Å². The molecule has 0 aliphatic carbocycles. The smallest absolute Gasteiger partial charge is 0.102 e. The zero-order valence-electron chi connectivity index (χ0n) is 11.2. The normalized spacial score (nSPS) is 23.6. The van der Waals surface area contributed by atoms with E-state index < -0.39 is 5.60 Å². The van der Waals surface area contributed by atoms with Crippen molar-refractivity contribution in [2.75, 3.05) is 0 Å². The first-order valence-electron chi connectivity index (χ1n) is 6.29. The number of rotatable bonds is 2. The Balaban J connectivity index is 2.51. The van der Waals surface area contributed by atoms with E-state index in [0.717, 1.165) is 11.1 Å². The van der Waals surface area contributed by atoms with E-state index in [1.165, 1.54) is 5.56 Å². The molecule has 3 nitrogen and oxygen atoms in total. The maximum absolute atomic E-state index is 10.3. The molecular formula is C15H21NO2. The second-order valence-corrected chi connectivity index (χ2v) is 5.57. The van der Waals surface area contributed by atoms with E-state index in [2.05, 4.69) is 24.9 Å². The number of aliphatic hydroxyl groups excluding tert-OH is 1. The van der Waals surface area contributed by atoms with E-state index in [1.807, 2.05) is 12.1 Å². The average Bonchev–Trinajstić information content (AvgIpc) is 2.26. The lowest BCUT2D eigenvalue weighted by molar-refractivity contribution is 0.0770. The van der Waals surface area contributed by atoms with Crippen LogP contribution in [0.25, 0.3) is 0 Å². The minimum absolute atomic E-state index is 0.143. The SMILES string of the molecule is C=C(O)[C@H]1Cc2c(cccc2C(C)(C)O)[C@H](C)N1. The maximum atomic E-state index is 10.3. The van der Waals surface area contributed by atoms with Crippen LogP contribution in [-0.4, -0.2) is 16.3 Å². The van der Waals surface area contributed by atoms with Crippen LogP contribution in [0.4, 0.5) is 0 Å². The Morgan fingerprint density at radius 2 is 2.11 bits per heavy atom. The third-order valence-electron chi connectivity index (χ3n) is 3.60. The summed E-state index contributed by atoms with van der Waals surface area (Å²) in [6, 6.07) is 5.99. The maximum Gasteiger partial charge on any atom is 0.102 e. The first kappa shape index (κ1) is 13.1. The lowest BCUT2D eigenvalue weighted by Gasteiger charge is -2.34. The molecular weight excluding hydrogens is 226 g/mol. The monoisotopic (exact) mass is 247 g/mol. The summed E-state index contributed by atoms with van der Waals surface area (Å²) in [5, 5.41) is 23.2. The molecule has 98 valence electrons. The Morgan fingerprint density at radius 1 is 1.44 bits per heavy atom. The van der Waals surface area contributed by atoms with Gasteiger partial charge in [-0.25, -0.2) is 0 Å². The van der Waals surface area contributed by atoms with E-state index in [4.69, 9.17) is 0 Å². The molecule has 0 spiro atoms. The van der Waals surface area contributed by atoms with Crippen LogP contribution in [-0.2, 0) is 12.0 Å². The molecule has 3 N–H and O–H groups in total. The summed E-state index contributed by atoms with van der Waals surface area (Å²) in [6.07, 6.45) is 0.662. The minimum Gasteiger partial charge on any atom is -0.511 e. The molecule has 1 aliphatic heterocycles. The van der Waals surface area contributed by atoms with Gasteiger partial charge < -0.3 is 15.5 Å². The zero-order valence-corrected chi connectivity index (χ0v) is 11.2. The first-order chi connectivity index (χ1) is 8.30. The molecule has 2 rings (SSSR count). The number of hydrogen-bond donors (Lipinski definition) is 3. The van der Waals surface area contributed by atoms with Gasteiger partial charge in [0, 0.05) is 6.04 Å². The van der Waals surface area contributed by atoms with E-state index in [-0.39, 0.29) is 17.8 Å². The van der Waals surface area contributed by atoms with Crippen LogP contribution in [0.5, 0.6) is 0 Å². The van der Waals surface area contributed by atoms with Gasteiger partial charge in [0.2, 0.25) is 0 Å². The molecule has 1 aliphatic rings. The summed E-state index contributed by atoms with van der Waals surface area (Å²) in [5.41, 5.74) is 2.37. The molecule has 1 aromatic rings. The summed E-state index contributed by atoms with van der Waals surface area (Å²) < 4.78 is 0. The zero-order chi connectivity index (χ0) is 13.5. The second-order valence-electron chi connectivity index (χ2n) is 5.57. The largest absolute Gasteiger partial charge is 0.511 e. The third-order valence-corrected chi connectivity index (χ3v) is 3.60. The Morgan fingerprint density at radius 3 is 2.67 bits per heavy atom. The highest BCUT2D eigenvalue weighted by Gasteiger charge is 2.30. The van der Waals surface area contributed by atoms with Crippen LogP contribution < -0.4 is 5.32 Å². The molecule has 0 fully saturated rings. The fourth-order valence-electron chi connectivity index (χ4n) is 2.68. The van der Waals surface area contributed by atoms with Crippen molar-refractivity contribution >= 4 is 0 Å². The van der Waals surface area contributed by atoms with Gasteiger partial charge in [-0.2, -0.15) is 0 Å². The predicted molar refractivity (Wildman–Crippen MR) is 72.5 cm³/mol. The lowest BCUT2D eigenvalue weighted by Crippen LogP contribution is -2.40. The third kappa shape index (κ3) is 2.28. The quantitative estimate of drug-likeness (QED) is 0.704. The molecule has 0 bridgehead atoms. The number of hydrogen-bond acceptors (Lipinski definition) is 3. The fourth-order valence-corrected chi connectivity index (χ4v) is 2.68. The topological polar surface area (TPSA) is 52.5 Å². The van der Waals surface area contributed by atoms with Gasteiger partial charge in [-0.3, -0.25) is 0 Å². The first-order valence-corrected chi connectivity index (χ1v) is 6.29. The molecule has 0 saturated carbocycles. The Labute approximate surface area is 108 Å². The Kier molecular flexibility index (Phi) is 3.21. The summed E-state index contributed by atoms with van der Waals surface area (Å²) in [6.45, 7) is 9.25. The van der Waals surface area contributed by atoms with Crippen LogP contribution in [0.15, 0.2) is 30.5 Å². The van der Waals surface area contributed by atoms with Crippen molar-refractivity contribution in [2.45, 2.75) is 44.9 Å². The van der Waals surface area contributed by atoms with Gasteiger partial charge in [-0.15, -0.1) is 0 Å². The van der Waals surface area contributed by atoms with Crippen molar-refractivity contribution in [3.63, 3.8) is 0 Å². The fraction of sp³-hybridized carbons (Fsp3) is 0.467. The van der Waals surface area contributed by atoms with Crippen molar-refractivity contribution in [3.8, 4) is 0 Å².